The normalized spacial score (nSPS) is 22.8. The van der Waals surface area contributed by atoms with Crippen LogP contribution in [0, 0.1) is 0 Å². The molecule has 0 spiro atoms. The van der Waals surface area contributed by atoms with Crippen LogP contribution in [0.15, 0.2) is 4.52 Å². The van der Waals surface area contributed by atoms with Crippen molar-refractivity contribution < 1.29 is 36.8 Å². The monoisotopic (exact) mass is 654 g/mol. The van der Waals surface area contributed by atoms with Gasteiger partial charge in [-0.25, -0.2) is 0 Å². The van der Waals surface area contributed by atoms with E-state index in [1.807, 2.05) is 0 Å². The van der Waals surface area contributed by atoms with Crippen LogP contribution in [0.3, 0.4) is 0 Å². The summed E-state index contributed by atoms with van der Waals surface area (Å²) in [6.45, 7) is 19.5. The fourth-order valence-electron chi connectivity index (χ4n) is 3.29. The molecule has 40 heavy (non-hydrogen) atoms. The maximum atomic E-state index is 6.99. The summed E-state index contributed by atoms with van der Waals surface area (Å²) >= 11 is 0. The summed E-state index contributed by atoms with van der Waals surface area (Å²) < 4.78 is 49.1. The molecule has 1 aliphatic heterocycles. The van der Waals surface area contributed by atoms with Crippen LogP contribution in [0.4, 0.5) is 0 Å². The van der Waals surface area contributed by atoms with Crippen molar-refractivity contribution in [1.82, 2.24) is 14.1 Å². The molecule has 0 bridgehead atoms. The molecule has 0 aromatic heterocycles. The number of nitrogens with zero attached hydrogens (tertiary/aromatic N) is 3. The van der Waals surface area contributed by atoms with Crippen LogP contribution in [-0.4, -0.2) is 62.1 Å². The second kappa shape index (κ2) is 21.7. The van der Waals surface area contributed by atoms with Crippen molar-refractivity contribution in [3.05, 3.63) is 0 Å². The Balaban J connectivity index is 4.28. The SMILES string of the molecule is CCCON1P(OCCC)NPN=P(OCCC)(OCCC)N(OCCC)P1(OCCC)(OCCC)OCCC. The van der Waals surface area contributed by atoms with Gasteiger partial charge in [0.05, 0.1) is 0 Å². The van der Waals surface area contributed by atoms with Gasteiger partial charge in [-0.1, -0.05) is 0 Å². The molecule has 0 fully saturated rings. The van der Waals surface area contributed by atoms with E-state index < -0.39 is 23.7 Å². The summed E-state index contributed by atoms with van der Waals surface area (Å²) in [5.41, 5.74) is 0. The van der Waals surface area contributed by atoms with Crippen LogP contribution in [0.25, 0.3) is 0 Å². The third-order valence-electron chi connectivity index (χ3n) is 4.98. The minimum absolute atomic E-state index is 0.104. The van der Waals surface area contributed by atoms with E-state index in [1.165, 1.54) is 0 Å². The molecule has 0 saturated heterocycles. The molecule has 16 heteroatoms. The van der Waals surface area contributed by atoms with Crippen LogP contribution < -0.4 is 4.86 Å². The molecule has 0 amide bonds. The fraction of sp³-hybridized carbons (Fsp3) is 1.00. The summed E-state index contributed by atoms with van der Waals surface area (Å²) in [7, 11) is -9.93. The Labute approximate surface area is 247 Å². The molecule has 242 valence electrons. The van der Waals surface area contributed by atoms with E-state index in [1.54, 1.807) is 9.21 Å². The Morgan fingerprint density at radius 2 is 1.07 bits per heavy atom. The average Bonchev–Trinajstić information content (AvgIpc) is 2.97. The standard InChI is InChI=1S/C24H58N4O8P4/c1-9-17-29-27-38(31-19-11-3)25-37-26-39(32-20-12-4,33-21-13-5)28(30-18-10-2)40(27,34-22-14-6,35-23-15-7)36-24-16-8/h25,37H,9-24H2,1-8H3. The molecule has 1 N–H and O–H groups in total. The molecule has 0 radical (unpaired) electrons. The van der Waals surface area contributed by atoms with Gasteiger partial charge in [0.15, 0.2) is 0 Å². The van der Waals surface area contributed by atoms with Crippen molar-refractivity contribution in [2.24, 2.45) is 4.52 Å². The van der Waals surface area contributed by atoms with Gasteiger partial charge >= 0.3 is 248 Å². The first kappa shape index (κ1) is 39.1. The zero-order valence-corrected chi connectivity index (χ0v) is 29.9. The van der Waals surface area contributed by atoms with Crippen molar-refractivity contribution in [2.45, 2.75) is 107 Å². The summed E-state index contributed by atoms with van der Waals surface area (Å²) in [6.07, 6.45) is 5.99. The quantitative estimate of drug-likeness (QED) is 0.101. The van der Waals surface area contributed by atoms with Gasteiger partial charge in [0.1, 0.15) is 0 Å². The molecule has 0 aromatic carbocycles. The predicted molar refractivity (Wildman–Crippen MR) is 168 cm³/mol. The Bertz CT molecular complexity index is 679. The van der Waals surface area contributed by atoms with E-state index in [9.17, 15) is 0 Å². The van der Waals surface area contributed by atoms with Crippen molar-refractivity contribution in [1.29, 1.82) is 0 Å². The summed E-state index contributed by atoms with van der Waals surface area (Å²) in [5.74, 6) is 0. The van der Waals surface area contributed by atoms with Crippen molar-refractivity contribution in [3.63, 3.8) is 0 Å². The summed E-state index contributed by atoms with van der Waals surface area (Å²) in [6, 6.07) is 0. The third kappa shape index (κ3) is 10.3. The van der Waals surface area contributed by atoms with Gasteiger partial charge in [0, 0.05) is 0 Å². The molecule has 1 aliphatic rings. The number of hydrogen-bond acceptors (Lipinski definition) is 12. The topological polar surface area (TPSA) is 105 Å². The Morgan fingerprint density at radius 3 is 1.52 bits per heavy atom. The van der Waals surface area contributed by atoms with Gasteiger partial charge in [-0.15, -0.1) is 0 Å². The van der Waals surface area contributed by atoms with E-state index in [4.69, 9.17) is 41.3 Å². The molecule has 2 atom stereocenters. The first-order valence-electron chi connectivity index (χ1n) is 15.1. The molecule has 2 unspecified atom stereocenters. The first-order valence-corrected chi connectivity index (χ1v) is 20.7. The second-order valence-corrected chi connectivity index (χ2v) is 17.7. The van der Waals surface area contributed by atoms with Crippen LogP contribution in [0.2, 0.25) is 0 Å². The number of hydrogen-bond donors (Lipinski definition) is 1. The van der Waals surface area contributed by atoms with Crippen LogP contribution in [0.1, 0.15) is 107 Å². The van der Waals surface area contributed by atoms with E-state index in [0.717, 1.165) is 32.1 Å². The van der Waals surface area contributed by atoms with Crippen LogP contribution in [0.5, 0.6) is 0 Å². The van der Waals surface area contributed by atoms with Crippen molar-refractivity contribution in [3.8, 4) is 0 Å². The molecule has 0 aromatic rings. The average molecular weight is 655 g/mol. The molecular weight excluding hydrogens is 596 g/mol. The molecular formula is C24H58N4O8P4. The predicted octanol–water partition coefficient (Wildman–Crippen LogP) is 9.25. The first-order chi connectivity index (χ1) is 19.4. The fourth-order valence-corrected chi connectivity index (χ4v) is 16.4. The van der Waals surface area contributed by atoms with Crippen molar-refractivity contribution in [2.75, 3.05) is 52.9 Å². The molecule has 0 aliphatic carbocycles. The zero-order chi connectivity index (χ0) is 29.8. The van der Waals surface area contributed by atoms with Crippen molar-refractivity contribution >= 4 is 32.6 Å². The number of rotatable bonds is 24. The van der Waals surface area contributed by atoms with Gasteiger partial charge in [-0.05, 0) is 0 Å². The minimum atomic E-state index is -4.82. The molecule has 12 nitrogen and oxygen atoms in total. The van der Waals surface area contributed by atoms with E-state index in [-0.39, 0.29) is 8.88 Å². The Kier molecular flexibility index (Phi) is 21.2. The van der Waals surface area contributed by atoms with Gasteiger partial charge in [0.25, 0.3) is 0 Å². The second-order valence-electron chi connectivity index (χ2n) is 9.06. The van der Waals surface area contributed by atoms with E-state index >= 15 is 0 Å². The van der Waals surface area contributed by atoms with Gasteiger partial charge in [-0.2, -0.15) is 0 Å². The van der Waals surface area contributed by atoms with E-state index in [0.29, 0.717) is 72.1 Å². The molecule has 1 heterocycles. The molecule has 0 saturated carbocycles. The van der Waals surface area contributed by atoms with Crippen LogP contribution >= 0.6 is 32.6 Å². The summed E-state index contributed by atoms with van der Waals surface area (Å²) in [4.78, 5) is 16.8. The van der Waals surface area contributed by atoms with Gasteiger partial charge in [-0.3, -0.25) is 0 Å². The van der Waals surface area contributed by atoms with Gasteiger partial charge < -0.3 is 0 Å². The Hall–Kier alpha value is 1.08. The van der Waals surface area contributed by atoms with E-state index in [2.05, 4.69) is 60.2 Å². The zero-order valence-electron chi connectivity index (χ0n) is 26.3. The Morgan fingerprint density at radius 1 is 0.625 bits per heavy atom. The summed E-state index contributed by atoms with van der Waals surface area (Å²) in [5, 5.41) is 0. The third-order valence-corrected chi connectivity index (χ3v) is 16.2. The van der Waals surface area contributed by atoms with Gasteiger partial charge in [0.2, 0.25) is 0 Å². The maximum absolute atomic E-state index is 6.99. The number of nitrogens with one attached hydrogen (secondary N) is 1. The molecule has 1 rings (SSSR count). The van der Waals surface area contributed by atoms with Crippen LogP contribution in [-0.2, 0) is 36.8 Å².